The number of nitrogens with zero attached hydrogens (tertiary/aromatic N) is 2. The quantitative estimate of drug-likeness (QED) is 0.788. The molecule has 100 valence electrons. The van der Waals surface area contributed by atoms with E-state index in [2.05, 4.69) is 15.3 Å². The van der Waals surface area contributed by atoms with Crippen molar-refractivity contribution in [2.24, 2.45) is 5.73 Å². The Kier molecular flexibility index (Phi) is 3.66. The highest BCUT2D eigenvalue weighted by molar-refractivity contribution is 7.11. The molecule has 19 heavy (non-hydrogen) atoms. The van der Waals surface area contributed by atoms with Crippen molar-refractivity contribution in [3.63, 3.8) is 0 Å². The predicted octanol–water partition coefficient (Wildman–Crippen LogP) is 1.70. The zero-order chi connectivity index (χ0) is 14.0. The molecule has 0 fully saturated rings. The maximum absolute atomic E-state index is 11.2. The van der Waals surface area contributed by atoms with Crippen LogP contribution in [0.2, 0.25) is 0 Å². The molecule has 5 N–H and O–H groups in total. The molecule has 0 saturated carbocycles. The molecule has 0 radical (unpaired) electrons. The summed E-state index contributed by atoms with van der Waals surface area (Å²) < 4.78 is 0. The molecule has 0 aliphatic carbocycles. The Labute approximate surface area is 114 Å². The van der Waals surface area contributed by atoms with Crippen LogP contribution in [-0.2, 0) is 0 Å². The van der Waals surface area contributed by atoms with E-state index in [0.29, 0.717) is 5.82 Å². The van der Waals surface area contributed by atoms with Gasteiger partial charge in [0, 0.05) is 11.1 Å². The van der Waals surface area contributed by atoms with Gasteiger partial charge in [-0.05, 0) is 19.9 Å². The number of hydrogen-bond acceptors (Lipinski definition) is 6. The van der Waals surface area contributed by atoms with Gasteiger partial charge in [0.2, 0.25) is 0 Å². The van der Waals surface area contributed by atoms with Gasteiger partial charge in [-0.1, -0.05) is 0 Å². The van der Waals surface area contributed by atoms with Gasteiger partial charge < -0.3 is 16.8 Å². The minimum absolute atomic E-state index is 0.00412. The molecule has 1 unspecified atom stereocenters. The van der Waals surface area contributed by atoms with E-state index in [1.54, 1.807) is 17.4 Å². The number of rotatable bonds is 4. The number of nitrogens with one attached hydrogen (secondary N) is 1. The number of primary amides is 1. The Morgan fingerprint density at radius 3 is 2.74 bits per heavy atom. The van der Waals surface area contributed by atoms with Crippen LogP contribution in [0.15, 0.2) is 18.5 Å². The number of nitrogens with two attached hydrogens (primary N) is 2. The summed E-state index contributed by atoms with van der Waals surface area (Å²) in [4.78, 5) is 20.8. The van der Waals surface area contributed by atoms with Crippen LogP contribution in [0.4, 0.5) is 11.5 Å². The smallest absolute Gasteiger partial charge is 0.250 e. The van der Waals surface area contributed by atoms with Crippen molar-refractivity contribution >= 4 is 28.7 Å². The zero-order valence-corrected chi connectivity index (χ0v) is 11.5. The molecule has 0 aromatic carbocycles. The second kappa shape index (κ2) is 5.23. The number of aryl methyl sites for hydroxylation is 1. The van der Waals surface area contributed by atoms with Gasteiger partial charge in [0.15, 0.2) is 0 Å². The molecule has 0 bridgehead atoms. The first kappa shape index (κ1) is 13.3. The fraction of sp³-hybridized carbons (Fsp3) is 0.250. The lowest BCUT2D eigenvalue weighted by molar-refractivity contribution is 0.100. The average Bonchev–Trinajstić information content (AvgIpc) is 2.78. The Bertz CT molecular complexity index is 610. The number of amides is 1. The number of hydrogen-bond donors (Lipinski definition) is 3. The molecular weight excluding hydrogens is 262 g/mol. The van der Waals surface area contributed by atoms with Gasteiger partial charge in [-0.15, -0.1) is 11.3 Å². The van der Waals surface area contributed by atoms with E-state index in [-0.39, 0.29) is 17.3 Å². The van der Waals surface area contributed by atoms with Crippen LogP contribution in [0, 0.1) is 6.92 Å². The number of aromatic nitrogens is 2. The molecule has 2 rings (SSSR count). The zero-order valence-electron chi connectivity index (χ0n) is 10.7. The van der Waals surface area contributed by atoms with Gasteiger partial charge in [-0.2, -0.15) is 0 Å². The fourth-order valence-corrected chi connectivity index (χ4v) is 2.39. The van der Waals surface area contributed by atoms with E-state index in [4.69, 9.17) is 11.5 Å². The van der Waals surface area contributed by atoms with E-state index < -0.39 is 5.91 Å². The molecule has 6 nitrogen and oxygen atoms in total. The first-order valence-corrected chi connectivity index (χ1v) is 6.53. The Morgan fingerprint density at radius 1 is 1.42 bits per heavy atom. The molecule has 1 amide bonds. The molecule has 0 aliphatic rings. The number of carbonyl (C=O) groups is 1. The summed E-state index contributed by atoms with van der Waals surface area (Å²) >= 11 is 1.61. The SMILES string of the molecule is Cc1cnc(C(C)Nc2cc(C(N)=O)c(N)cn2)s1. The lowest BCUT2D eigenvalue weighted by atomic mass is 10.2. The van der Waals surface area contributed by atoms with Crippen molar-refractivity contribution in [1.82, 2.24) is 9.97 Å². The third-order valence-electron chi connectivity index (χ3n) is 2.57. The van der Waals surface area contributed by atoms with Gasteiger partial charge in [-0.25, -0.2) is 9.97 Å². The van der Waals surface area contributed by atoms with E-state index in [0.717, 1.165) is 9.88 Å². The highest BCUT2D eigenvalue weighted by atomic mass is 32.1. The Balaban J connectivity index is 2.19. The molecule has 2 aromatic heterocycles. The van der Waals surface area contributed by atoms with Crippen molar-refractivity contribution in [2.45, 2.75) is 19.9 Å². The number of pyridine rings is 1. The minimum atomic E-state index is -0.569. The Hall–Kier alpha value is -2.15. The van der Waals surface area contributed by atoms with Gasteiger partial charge >= 0.3 is 0 Å². The lowest BCUT2D eigenvalue weighted by Crippen LogP contribution is -2.15. The van der Waals surface area contributed by atoms with E-state index in [1.165, 1.54) is 6.20 Å². The summed E-state index contributed by atoms with van der Waals surface area (Å²) in [5.41, 5.74) is 11.4. The van der Waals surface area contributed by atoms with Gasteiger partial charge in [-0.3, -0.25) is 4.79 Å². The van der Waals surface area contributed by atoms with Gasteiger partial charge in [0.25, 0.3) is 5.91 Å². The highest BCUT2D eigenvalue weighted by Gasteiger charge is 2.12. The fourth-order valence-electron chi connectivity index (χ4n) is 1.61. The molecule has 0 aliphatic heterocycles. The second-order valence-corrected chi connectivity index (χ2v) is 5.46. The Morgan fingerprint density at radius 2 is 2.16 bits per heavy atom. The topological polar surface area (TPSA) is 107 Å². The summed E-state index contributed by atoms with van der Waals surface area (Å²) in [5.74, 6) is -0.0240. The molecular formula is C12H15N5OS. The maximum Gasteiger partial charge on any atom is 0.250 e. The summed E-state index contributed by atoms with van der Waals surface area (Å²) in [6, 6.07) is 1.55. The summed E-state index contributed by atoms with van der Waals surface area (Å²) in [7, 11) is 0. The average molecular weight is 277 g/mol. The predicted molar refractivity (Wildman–Crippen MR) is 76.1 cm³/mol. The minimum Gasteiger partial charge on any atom is -0.397 e. The number of thiazole rings is 1. The summed E-state index contributed by atoms with van der Waals surface area (Å²) in [5, 5.41) is 4.12. The standard InChI is InChI=1S/C12H15N5OS/c1-6-4-16-12(19-6)7(2)17-10-3-8(11(14)18)9(13)5-15-10/h3-5,7H,13H2,1-2H3,(H2,14,18)(H,15,17). The van der Waals surface area contributed by atoms with Crippen molar-refractivity contribution in [3.05, 3.63) is 33.9 Å². The molecule has 2 aromatic rings. The first-order valence-electron chi connectivity index (χ1n) is 5.71. The van der Waals surface area contributed by atoms with Crippen LogP contribution in [0.25, 0.3) is 0 Å². The summed E-state index contributed by atoms with van der Waals surface area (Å²) in [6.07, 6.45) is 3.24. The third-order valence-corrected chi connectivity index (χ3v) is 3.67. The van der Waals surface area contributed by atoms with Gasteiger partial charge in [0.05, 0.1) is 23.5 Å². The van der Waals surface area contributed by atoms with Crippen LogP contribution in [0.1, 0.15) is 33.2 Å². The monoisotopic (exact) mass is 277 g/mol. The van der Waals surface area contributed by atoms with E-state index in [9.17, 15) is 4.79 Å². The molecule has 1 atom stereocenters. The summed E-state index contributed by atoms with van der Waals surface area (Å²) in [6.45, 7) is 3.97. The van der Waals surface area contributed by atoms with Crippen molar-refractivity contribution in [2.75, 3.05) is 11.1 Å². The molecule has 0 saturated heterocycles. The van der Waals surface area contributed by atoms with Crippen LogP contribution < -0.4 is 16.8 Å². The van der Waals surface area contributed by atoms with E-state index >= 15 is 0 Å². The van der Waals surface area contributed by atoms with Crippen LogP contribution in [0.3, 0.4) is 0 Å². The second-order valence-electron chi connectivity index (χ2n) is 4.20. The number of anilines is 2. The normalized spacial score (nSPS) is 12.1. The lowest BCUT2D eigenvalue weighted by Gasteiger charge is -2.13. The van der Waals surface area contributed by atoms with Crippen LogP contribution in [-0.4, -0.2) is 15.9 Å². The van der Waals surface area contributed by atoms with E-state index in [1.807, 2.05) is 20.0 Å². The molecule has 7 heteroatoms. The molecule has 2 heterocycles. The molecule has 0 spiro atoms. The van der Waals surface area contributed by atoms with Gasteiger partial charge in [0.1, 0.15) is 10.8 Å². The maximum atomic E-state index is 11.2. The third kappa shape index (κ3) is 3.00. The van der Waals surface area contributed by atoms with Crippen LogP contribution in [0.5, 0.6) is 0 Å². The van der Waals surface area contributed by atoms with Crippen molar-refractivity contribution in [3.8, 4) is 0 Å². The number of carbonyl (C=O) groups excluding carboxylic acids is 1. The largest absolute Gasteiger partial charge is 0.397 e. The highest BCUT2D eigenvalue weighted by Crippen LogP contribution is 2.23. The van der Waals surface area contributed by atoms with Crippen molar-refractivity contribution < 1.29 is 4.79 Å². The van der Waals surface area contributed by atoms with Crippen LogP contribution >= 0.6 is 11.3 Å². The van der Waals surface area contributed by atoms with Crippen molar-refractivity contribution in [1.29, 1.82) is 0 Å². The number of nitrogen functional groups attached to an aromatic ring is 1. The first-order chi connectivity index (χ1) is 8.97.